The van der Waals surface area contributed by atoms with Gasteiger partial charge >= 0.3 is 0 Å². The lowest BCUT2D eigenvalue weighted by Gasteiger charge is -2.11. The molecule has 0 saturated carbocycles. The van der Waals surface area contributed by atoms with Gasteiger partial charge in [0.25, 0.3) is 0 Å². The molecule has 76 valence electrons. The molecule has 3 nitrogen and oxygen atoms in total. The fourth-order valence-corrected chi connectivity index (χ4v) is 1.96. The van der Waals surface area contributed by atoms with E-state index in [9.17, 15) is 5.11 Å². The maximum atomic E-state index is 9.47. The van der Waals surface area contributed by atoms with Crippen LogP contribution in [0.3, 0.4) is 0 Å². The third-order valence-electron chi connectivity index (χ3n) is 2.80. The first-order valence-electron chi connectivity index (χ1n) is 4.81. The van der Waals surface area contributed by atoms with Gasteiger partial charge in [0, 0.05) is 18.7 Å². The molecule has 0 aromatic heterocycles. The normalized spacial score (nSPS) is 22.1. The summed E-state index contributed by atoms with van der Waals surface area (Å²) >= 11 is 0. The molecule has 1 unspecified atom stereocenters. The highest BCUT2D eigenvalue weighted by Gasteiger charge is 2.19. The largest absolute Gasteiger partial charge is 0.364 e. The predicted octanol–water partition coefficient (Wildman–Crippen LogP) is 1.27. The molecule has 1 aliphatic rings. The van der Waals surface area contributed by atoms with Crippen molar-refractivity contribution in [1.29, 1.82) is 0 Å². The first kappa shape index (κ1) is 9.65. The van der Waals surface area contributed by atoms with E-state index in [-0.39, 0.29) is 6.04 Å². The molecule has 1 aliphatic carbocycles. The predicted molar refractivity (Wildman–Crippen MR) is 53.7 cm³/mol. The molecule has 0 saturated heterocycles. The fraction of sp³-hybridized carbons (Fsp3) is 0.455. The third kappa shape index (κ3) is 1.54. The molecule has 14 heavy (non-hydrogen) atoms. The number of aryl methyl sites for hydroxylation is 1. The average molecular weight is 193 g/mol. The molecule has 0 bridgehead atoms. The van der Waals surface area contributed by atoms with Gasteiger partial charge in [0.2, 0.25) is 0 Å². The first-order chi connectivity index (χ1) is 6.72. The number of nitrogens with two attached hydrogens (primary N) is 1. The molecule has 0 amide bonds. The highest BCUT2D eigenvalue weighted by atomic mass is 16.6. The van der Waals surface area contributed by atoms with E-state index in [1.165, 1.54) is 18.2 Å². The van der Waals surface area contributed by atoms with Crippen LogP contribution in [0.5, 0.6) is 0 Å². The number of ether oxygens (including phenoxy) is 1. The number of hydrogen-bond acceptors (Lipinski definition) is 3. The average Bonchev–Trinajstić information content (AvgIpc) is 2.59. The standard InChI is InChI=1S/C11H15NO2/c1-14-11(13)8-2-4-9-7(6-8)3-5-10(9)12/h2,4,6,10-11,13H,3,5,12H2,1H3/t10-,11?/m0/s1. The summed E-state index contributed by atoms with van der Waals surface area (Å²) in [5, 5.41) is 9.47. The van der Waals surface area contributed by atoms with E-state index in [1.807, 2.05) is 18.2 Å². The van der Waals surface area contributed by atoms with Crippen LogP contribution in [0, 0.1) is 0 Å². The molecule has 0 radical (unpaired) electrons. The quantitative estimate of drug-likeness (QED) is 0.695. The van der Waals surface area contributed by atoms with Crippen LogP contribution in [0.25, 0.3) is 0 Å². The Bertz CT molecular complexity index is 338. The maximum absolute atomic E-state index is 9.47. The van der Waals surface area contributed by atoms with E-state index in [2.05, 4.69) is 0 Å². The van der Waals surface area contributed by atoms with Crippen molar-refractivity contribution in [3.8, 4) is 0 Å². The van der Waals surface area contributed by atoms with Crippen molar-refractivity contribution in [1.82, 2.24) is 0 Å². The summed E-state index contributed by atoms with van der Waals surface area (Å²) in [7, 11) is 1.49. The van der Waals surface area contributed by atoms with Crippen molar-refractivity contribution in [2.45, 2.75) is 25.2 Å². The zero-order chi connectivity index (χ0) is 10.1. The fourth-order valence-electron chi connectivity index (χ4n) is 1.96. The topological polar surface area (TPSA) is 55.5 Å². The molecule has 2 atom stereocenters. The number of fused-ring (bicyclic) bond motifs is 1. The van der Waals surface area contributed by atoms with Gasteiger partial charge in [-0.2, -0.15) is 0 Å². The molecule has 0 fully saturated rings. The highest BCUT2D eigenvalue weighted by molar-refractivity contribution is 5.38. The Balaban J connectivity index is 2.32. The molecule has 0 heterocycles. The van der Waals surface area contributed by atoms with Gasteiger partial charge in [-0.15, -0.1) is 0 Å². The number of benzene rings is 1. The summed E-state index contributed by atoms with van der Waals surface area (Å²) in [6, 6.07) is 6.01. The minimum absolute atomic E-state index is 0.165. The Labute approximate surface area is 83.5 Å². The number of rotatable bonds is 2. The first-order valence-corrected chi connectivity index (χ1v) is 4.81. The van der Waals surface area contributed by atoms with E-state index < -0.39 is 6.29 Å². The SMILES string of the molecule is COC(O)c1ccc2c(c1)CC[C@@H]2N. The molecular formula is C11H15NO2. The summed E-state index contributed by atoms with van der Waals surface area (Å²) in [6.07, 6.45) is 1.18. The minimum atomic E-state index is -0.822. The van der Waals surface area contributed by atoms with Crippen LogP contribution < -0.4 is 5.73 Å². The minimum Gasteiger partial charge on any atom is -0.364 e. The van der Waals surface area contributed by atoms with Crippen LogP contribution in [0.4, 0.5) is 0 Å². The summed E-state index contributed by atoms with van der Waals surface area (Å²) in [5.41, 5.74) is 9.16. The van der Waals surface area contributed by atoms with E-state index in [0.717, 1.165) is 18.4 Å². The molecule has 0 spiro atoms. The highest BCUT2D eigenvalue weighted by Crippen LogP contribution is 2.31. The molecule has 1 aromatic carbocycles. The van der Waals surface area contributed by atoms with Crippen molar-refractivity contribution in [3.05, 3.63) is 34.9 Å². The van der Waals surface area contributed by atoms with Crippen LogP contribution in [0.1, 0.15) is 35.4 Å². The van der Waals surface area contributed by atoms with Crippen molar-refractivity contribution >= 4 is 0 Å². The summed E-state index contributed by atoms with van der Waals surface area (Å²) < 4.78 is 4.85. The van der Waals surface area contributed by atoms with Gasteiger partial charge in [0.1, 0.15) is 0 Å². The second-order valence-electron chi connectivity index (χ2n) is 3.69. The Kier molecular flexibility index (Phi) is 2.54. The zero-order valence-corrected chi connectivity index (χ0v) is 8.23. The summed E-state index contributed by atoms with van der Waals surface area (Å²) in [6.45, 7) is 0. The third-order valence-corrected chi connectivity index (χ3v) is 2.80. The van der Waals surface area contributed by atoms with Crippen LogP contribution in [-0.4, -0.2) is 12.2 Å². The smallest absolute Gasteiger partial charge is 0.180 e. The molecule has 3 heteroatoms. The van der Waals surface area contributed by atoms with Gasteiger partial charge in [0.15, 0.2) is 6.29 Å². The van der Waals surface area contributed by atoms with Gasteiger partial charge in [0.05, 0.1) is 0 Å². The summed E-state index contributed by atoms with van der Waals surface area (Å²) in [5.74, 6) is 0. The van der Waals surface area contributed by atoms with Crippen LogP contribution >= 0.6 is 0 Å². The van der Waals surface area contributed by atoms with Gasteiger partial charge in [-0.1, -0.05) is 18.2 Å². The monoisotopic (exact) mass is 193 g/mol. The van der Waals surface area contributed by atoms with Crippen molar-refractivity contribution in [2.75, 3.05) is 7.11 Å². The van der Waals surface area contributed by atoms with E-state index >= 15 is 0 Å². The molecule has 1 aromatic rings. The second-order valence-corrected chi connectivity index (χ2v) is 3.69. The lowest BCUT2D eigenvalue weighted by Crippen LogP contribution is -2.06. The number of aliphatic hydroxyl groups excluding tert-OH is 1. The lowest BCUT2D eigenvalue weighted by atomic mass is 10.0. The Morgan fingerprint density at radius 3 is 3.07 bits per heavy atom. The van der Waals surface area contributed by atoms with Gasteiger partial charge in [-0.25, -0.2) is 0 Å². The van der Waals surface area contributed by atoms with Crippen LogP contribution in [-0.2, 0) is 11.2 Å². The molecule has 3 N–H and O–H groups in total. The van der Waals surface area contributed by atoms with Gasteiger partial charge in [-0.3, -0.25) is 0 Å². The second kappa shape index (κ2) is 3.69. The van der Waals surface area contributed by atoms with E-state index in [1.54, 1.807) is 0 Å². The van der Waals surface area contributed by atoms with Crippen molar-refractivity contribution in [3.63, 3.8) is 0 Å². The van der Waals surface area contributed by atoms with Crippen molar-refractivity contribution < 1.29 is 9.84 Å². The Hall–Kier alpha value is -0.900. The lowest BCUT2D eigenvalue weighted by molar-refractivity contribution is -0.0769. The number of hydrogen-bond donors (Lipinski definition) is 2. The molecule has 0 aliphatic heterocycles. The van der Waals surface area contributed by atoms with Crippen LogP contribution in [0.2, 0.25) is 0 Å². The maximum Gasteiger partial charge on any atom is 0.180 e. The van der Waals surface area contributed by atoms with Gasteiger partial charge in [-0.05, 0) is 24.0 Å². The number of aliphatic hydroxyl groups is 1. The summed E-state index contributed by atoms with van der Waals surface area (Å²) in [4.78, 5) is 0. The molecule has 2 rings (SSSR count). The number of methoxy groups -OCH3 is 1. The van der Waals surface area contributed by atoms with Gasteiger partial charge < -0.3 is 15.6 Å². The van der Waals surface area contributed by atoms with Crippen LogP contribution in [0.15, 0.2) is 18.2 Å². The Morgan fingerprint density at radius 2 is 2.36 bits per heavy atom. The van der Waals surface area contributed by atoms with E-state index in [0.29, 0.717) is 0 Å². The van der Waals surface area contributed by atoms with Crippen molar-refractivity contribution in [2.24, 2.45) is 5.73 Å². The Morgan fingerprint density at radius 1 is 1.57 bits per heavy atom. The van der Waals surface area contributed by atoms with E-state index in [4.69, 9.17) is 10.5 Å². The molecular weight excluding hydrogens is 178 g/mol. The zero-order valence-electron chi connectivity index (χ0n) is 8.23.